The molecule has 2 N–H and O–H groups in total. The molecule has 0 amide bonds. The molecule has 0 atom stereocenters. The predicted octanol–water partition coefficient (Wildman–Crippen LogP) is 1.10. The molecule has 0 fully saturated rings. The number of rotatable bonds is 5. The summed E-state index contributed by atoms with van der Waals surface area (Å²) in [5, 5.41) is 0.654. The second-order valence-corrected chi connectivity index (χ2v) is 3.73. The zero-order valence-electron chi connectivity index (χ0n) is 8.47. The zero-order chi connectivity index (χ0) is 11.1. The molecule has 6 heteroatoms. The maximum absolute atomic E-state index is 11.0. The highest BCUT2D eigenvalue weighted by Crippen LogP contribution is 2.20. The van der Waals surface area contributed by atoms with Gasteiger partial charge in [0.25, 0.3) is 0 Å². The van der Waals surface area contributed by atoms with Gasteiger partial charge in [0.05, 0.1) is 13.0 Å². The van der Waals surface area contributed by atoms with Crippen molar-refractivity contribution in [2.24, 2.45) is 0 Å². The van der Waals surface area contributed by atoms with Gasteiger partial charge in [0.15, 0.2) is 5.82 Å². The third-order valence-electron chi connectivity index (χ3n) is 1.54. The van der Waals surface area contributed by atoms with Gasteiger partial charge in [-0.2, -0.15) is 0 Å². The van der Waals surface area contributed by atoms with Gasteiger partial charge < -0.3 is 10.5 Å². The van der Waals surface area contributed by atoms with Crippen molar-refractivity contribution in [2.45, 2.75) is 18.4 Å². The van der Waals surface area contributed by atoms with Gasteiger partial charge in [-0.05, 0) is 6.92 Å². The number of nitrogens with two attached hydrogens (primary N) is 1. The van der Waals surface area contributed by atoms with Crippen LogP contribution in [0.2, 0.25) is 0 Å². The fraction of sp³-hybridized carbons (Fsp3) is 0.444. The Morgan fingerprint density at radius 2 is 2.27 bits per heavy atom. The smallest absolute Gasteiger partial charge is 0.306 e. The first-order valence-corrected chi connectivity index (χ1v) is 5.57. The van der Waals surface area contributed by atoms with Gasteiger partial charge in [-0.3, -0.25) is 4.79 Å². The van der Waals surface area contributed by atoms with Gasteiger partial charge in [-0.1, -0.05) is 0 Å². The largest absolute Gasteiger partial charge is 0.466 e. The van der Waals surface area contributed by atoms with Crippen molar-refractivity contribution in [3.05, 3.63) is 12.4 Å². The van der Waals surface area contributed by atoms with Crippen molar-refractivity contribution >= 4 is 23.5 Å². The van der Waals surface area contributed by atoms with E-state index in [4.69, 9.17) is 10.5 Å². The highest BCUT2D eigenvalue weighted by molar-refractivity contribution is 7.99. The van der Waals surface area contributed by atoms with Gasteiger partial charge in [-0.15, -0.1) is 11.8 Å². The van der Waals surface area contributed by atoms with Crippen LogP contribution in [0.1, 0.15) is 13.3 Å². The molecule has 1 aromatic rings. The second kappa shape index (κ2) is 6.23. The van der Waals surface area contributed by atoms with E-state index in [2.05, 4.69) is 9.97 Å². The Labute approximate surface area is 92.4 Å². The third kappa shape index (κ3) is 4.16. The molecule has 1 rings (SSSR count). The molecule has 0 spiro atoms. The SMILES string of the molecule is CCOC(=O)CCSc1nccnc1N. The van der Waals surface area contributed by atoms with E-state index >= 15 is 0 Å². The summed E-state index contributed by atoms with van der Waals surface area (Å²) in [5.74, 6) is 0.792. The maximum Gasteiger partial charge on any atom is 0.306 e. The number of thioether (sulfide) groups is 1. The summed E-state index contributed by atoms with van der Waals surface area (Å²) in [6.45, 7) is 2.20. The van der Waals surface area contributed by atoms with E-state index in [0.717, 1.165) is 0 Å². The van der Waals surface area contributed by atoms with E-state index in [9.17, 15) is 4.79 Å². The highest BCUT2D eigenvalue weighted by atomic mass is 32.2. The highest BCUT2D eigenvalue weighted by Gasteiger charge is 2.05. The van der Waals surface area contributed by atoms with Crippen LogP contribution in [0.4, 0.5) is 5.82 Å². The Bertz CT molecular complexity index is 333. The summed E-state index contributed by atoms with van der Waals surface area (Å²) in [4.78, 5) is 19.0. The van der Waals surface area contributed by atoms with Crippen LogP contribution in [0.25, 0.3) is 0 Å². The van der Waals surface area contributed by atoms with E-state index in [1.165, 1.54) is 18.0 Å². The number of carbonyl (C=O) groups is 1. The number of ether oxygens (including phenoxy) is 1. The first-order valence-electron chi connectivity index (χ1n) is 4.59. The third-order valence-corrected chi connectivity index (χ3v) is 2.54. The molecule has 82 valence electrons. The Morgan fingerprint density at radius 1 is 1.53 bits per heavy atom. The van der Waals surface area contributed by atoms with E-state index in [1.807, 2.05) is 0 Å². The second-order valence-electron chi connectivity index (χ2n) is 2.65. The van der Waals surface area contributed by atoms with Crippen molar-refractivity contribution in [2.75, 3.05) is 18.1 Å². The number of aromatic nitrogens is 2. The molecule has 1 heterocycles. The minimum absolute atomic E-state index is 0.201. The van der Waals surface area contributed by atoms with Crippen LogP contribution >= 0.6 is 11.8 Å². The average molecular weight is 227 g/mol. The van der Waals surface area contributed by atoms with Crippen molar-refractivity contribution in [3.63, 3.8) is 0 Å². The van der Waals surface area contributed by atoms with E-state index in [0.29, 0.717) is 29.6 Å². The first-order chi connectivity index (χ1) is 7.24. The number of hydrogen-bond acceptors (Lipinski definition) is 6. The molecule has 15 heavy (non-hydrogen) atoms. The van der Waals surface area contributed by atoms with Crippen LogP contribution in [0.15, 0.2) is 17.4 Å². The number of carbonyl (C=O) groups excluding carboxylic acids is 1. The monoisotopic (exact) mass is 227 g/mol. The minimum atomic E-state index is -0.201. The lowest BCUT2D eigenvalue weighted by Gasteiger charge is -2.02. The summed E-state index contributed by atoms with van der Waals surface area (Å²) in [6, 6.07) is 0. The standard InChI is InChI=1S/C9H13N3O2S/c1-2-14-7(13)3-6-15-9-8(10)11-4-5-12-9/h4-5H,2-3,6H2,1H3,(H2,10,11). The molecule has 0 aromatic carbocycles. The fourth-order valence-electron chi connectivity index (χ4n) is 0.911. The van der Waals surface area contributed by atoms with Gasteiger partial charge in [0.1, 0.15) is 5.03 Å². The van der Waals surface area contributed by atoms with Crippen LogP contribution in [0.3, 0.4) is 0 Å². The van der Waals surface area contributed by atoms with Crippen LogP contribution in [0.5, 0.6) is 0 Å². The van der Waals surface area contributed by atoms with Crippen molar-refractivity contribution < 1.29 is 9.53 Å². The molecule has 0 unspecified atom stereocenters. The van der Waals surface area contributed by atoms with Gasteiger partial charge in [0, 0.05) is 18.1 Å². The van der Waals surface area contributed by atoms with Crippen LogP contribution in [-0.2, 0) is 9.53 Å². The molecule has 0 aliphatic heterocycles. The summed E-state index contributed by atoms with van der Waals surface area (Å²) in [5.41, 5.74) is 5.59. The lowest BCUT2D eigenvalue weighted by molar-refractivity contribution is -0.142. The molecule has 5 nitrogen and oxygen atoms in total. The summed E-state index contributed by atoms with van der Waals surface area (Å²) >= 11 is 1.40. The lowest BCUT2D eigenvalue weighted by Crippen LogP contribution is -2.05. The van der Waals surface area contributed by atoms with Crippen molar-refractivity contribution in [1.29, 1.82) is 0 Å². The molecule has 0 radical (unpaired) electrons. The number of nitrogen functional groups attached to an aromatic ring is 1. The minimum Gasteiger partial charge on any atom is -0.466 e. The van der Waals surface area contributed by atoms with E-state index in [-0.39, 0.29) is 5.97 Å². The summed E-state index contributed by atoms with van der Waals surface area (Å²) in [6.07, 6.45) is 3.46. The van der Waals surface area contributed by atoms with Crippen molar-refractivity contribution in [3.8, 4) is 0 Å². The Morgan fingerprint density at radius 3 is 2.93 bits per heavy atom. The molecule has 0 aliphatic rings. The number of nitrogens with zero attached hydrogens (tertiary/aromatic N) is 2. The fourth-order valence-corrected chi connectivity index (χ4v) is 1.71. The Hall–Kier alpha value is -1.30. The predicted molar refractivity (Wildman–Crippen MR) is 58.4 cm³/mol. The summed E-state index contributed by atoms with van der Waals surface area (Å²) < 4.78 is 4.79. The number of anilines is 1. The molecule has 0 aliphatic carbocycles. The van der Waals surface area contributed by atoms with E-state index in [1.54, 1.807) is 13.1 Å². The molecule has 1 aromatic heterocycles. The van der Waals surface area contributed by atoms with Crippen molar-refractivity contribution in [1.82, 2.24) is 9.97 Å². The normalized spacial score (nSPS) is 9.93. The van der Waals surface area contributed by atoms with Gasteiger partial charge in [0.2, 0.25) is 0 Å². The van der Waals surface area contributed by atoms with Gasteiger partial charge in [-0.25, -0.2) is 9.97 Å². The maximum atomic E-state index is 11.0. The first kappa shape index (κ1) is 11.8. The topological polar surface area (TPSA) is 78.1 Å². The van der Waals surface area contributed by atoms with E-state index < -0.39 is 0 Å². The number of hydrogen-bond donors (Lipinski definition) is 1. The number of esters is 1. The van der Waals surface area contributed by atoms with Gasteiger partial charge >= 0.3 is 5.97 Å². The Kier molecular flexibility index (Phi) is 4.89. The quantitative estimate of drug-likeness (QED) is 0.599. The molecular formula is C9H13N3O2S. The lowest BCUT2D eigenvalue weighted by atomic mass is 10.5. The molecule has 0 saturated carbocycles. The van der Waals surface area contributed by atoms with Crippen LogP contribution in [0, 0.1) is 0 Å². The zero-order valence-corrected chi connectivity index (χ0v) is 9.29. The summed E-state index contributed by atoms with van der Waals surface area (Å²) in [7, 11) is 0. The van der Waals surface area contributed by atoms with Crippen LogP contribution < -0.4 is 5.73 Å². The molecule has 0 saturated heterocycles. The Balaban J connectivity index is 2.32. The average Bonchev–Trinajstić information content (AvgIpc) is 2.21. The van der Waals surface area contributed by atoms with Crippen LogP contribution in [-0.4, -0.2) is 28.3 Å². The molecule has 0 bridgehead atoms. The molecular weight excluding hydrogens is 214 g/mol.